The van der Waals surface area contributed by atoms with E-state index in [1.54, 1.807) is 0 Å². The van der Waals surface area contributed by atoms with Crippen molar-refractivity contribution in [2.24, 2.45) is 5.92 Å². The molecule has 2 atom stereocenters. The molecule has 128 valence electrons. The van der Waals surface area contributed by atoms with Crippen molar-refractivity contribution in [3.8, 4) is 0 Å². The van der Waals surface area contributed by atoms with Crippen LogP contribution in [0.1, 0.15) is 30.9 Å². The van der Waals surface area contributed by atoms with E-state index in [0.717, 1.165) is 37.6 Å². The lowest BCUT2D eigenvalue weighted by Crippen LogP contribution is -2.39. The summed E-state index contributed by atoms with van der Waals surface area (Å²) in [7, 11) is 0. The average Bonchev–Trinajstić information content (AvgIpc) is 3.21. The second-order valence-corrected chi connectivity index (χ2v) is 6.69. The molecular formula is C17H25Cl2N3O. The van der Waals surface area contributed by atoms with Gasteiger partial charge in [-0.25, -0.2) is 0 Å². The predicted molar refractivity (Wildman–Crippen MR) is 96.2 cm³/mol. The third kappa shape index (κ3) is 4.83. The fourth-order valence-electron chi connectivity index (χ4n) is 3.44. The highest BCUT2D eigenvalue weighted by Gasteiger charge is 2.26. The van der Waals surface area contributed by atoms with E-state index in [9.17, 15) is 4.79 Å². The number of likely N-dealkylation sites (tertiary alicyclic amines) is 1. The van der Waals surface area contributed by atoms with Crippen molar-refractivity contribution in [2.45, 2.75) is 25.3 Å². The maximum Gasteiger partial charge on any atom is 0.224 e. The first-order valence-corrected chi connectivity index (χ1v) is 8.60. The number of nitrogens with zero attached hydrogens (tertiary/aromatic N) is 1. The van der Waals surface area contributed by atoms with Crippen molar-refractivity contribution in [1.82, 2.24) is 15.5 Å². The number of rotatable bonds is 5. The summed E-state index contributed by atoms with van der Waals surface area (Å²) in [5, 5.41) is 7.16. The van der Waals surface area contributed by atoms with Crippen LogP contribution in [0.4, 0.5) is 0 Å². The summed E-state index contributed by atoms with van der Waals surface area (Å²) in [6.45, 7) is 4.60. The van der Waals surface area contributed by atoms with Gasteiger partial charge in [-0.3, -0.25) is 9.69 Å². The van der Waals surface area contributed by atoms with Gasteiger partial charge in [0.15, 0.2) is 0 Å². The Hall–Kier alpha value is -0.810. The molecule has 2 N–H and O–H groups in total. The van der Waals surface area contributed by atoms with Crippen LogP contribution in [-0.2, 0) is 4.79 Å². The van der Waals surface area contributed by atoms with Gasteiger partial charge in [-0.2, -0.15) is 0 Å². The molecule has 1 aromatic rings. The van der Waals surface area contributed by atoms with E-state index >= 15 is 0 Å². The molecular weight excluding hydrogens is 333 g/mol. The highest BCUT2D eigenvalue weighted by Crippen LogP contribution is 2.26. The Morgan fingerprint density at radius 2 is 2.17 bits per heavy atom. The van der Waals surface area contributed by atoms with Gasteiger partial charge in [0, 0.05) is 18.1 Å². The Morgan fingerprint density at radius 1 is 1.39 bits per heavy atom. The molecule has 0 spiro atoms. The van der Waals surface area contributed by atoms with Crippen LogP contribution in [0.5, 0.6) is 0 Å². The zero-order valence-corrected chi connectivity index (χ0v) is 14.8. The summed E-state index contributed by atoms with van der Waals surface area (Å²) in [6.07, 6.45) is 3.41. The Kier molecular flexibility index (Phi) is 7.15. The van der Waals surface area contributed by atoms with Crippen LogP contribution >= 0.6 is 24.0 Å². The van der Waals surface area contributed by atoms with Crippen molar-refractivity contribution in [3.05, 3.63) is 34.9 Å². The molecule has 6 heteroatoms. The summed E-state index contributed by atoms with van der Waals surface area (Å²) >= 11 is 6.15. The van der Waals surface area contributed by atoms with Crippen molar-refractivity contribution >= 4 is 29.9 Å². The smallest absolute Gasteiger partial charge is 0.224 e. The second kappa shape index (κ2) is 8.88. The van der Waals surface area contributed by atoms with Gasteiger partial charge in [-0.05, 0) is 56.6 Å². The van der Waals surface area contributed by atoms with Crippen LogP contribution in [0.25, 0.3) is 0 Å². The fraction of sp³-hybridized carbons (Fsp3) is 0.588. The molecule has 23 heavy (non-hydrogen) atoms. The molecule has 0 bridgehead atoms. The number of carbonyl (C=O) groups excluding carboxylic acids is 1. The number of amides is 1. The van der Waals surface area contributed by atoms with Crippen molar-refractivity contribution in [1.29, 1.82) is 0 Å². The zero-order valence-electron chi connectivity index (χ0n) is 13.3. The molecule has 2 unspecified atom stereocenters. The molecule has 0 saturated carbocycles. The Labute approximate surface area is 149 Å². The second-order valence-electron chi connectivity index (χ2n) is 6.25. The predicted octanol–water partition coefficient (Wildman–Crippen LogP) is 2.62. The molecule has 2 aliphatic rings. The molecule has 0 aromatic heterocycles. The lowest BCUT2D eigenvalue weighted by atomic mass is 10.0. The number of benzene rings is 1. The van der Waals surface area contributed by atoms with Gasteiger partial charge >= 0.3 is 0 Å². The van der Waals surface area contributed by atoms with Crippen LogP contribution in [0.15, 0.2) is 24.3 Å². The number of nitrogens with one attached hydrogen (secondary N) is 2. The van der Waals surface area contributed by atoms with Gasteiger partial charge in [0.05, 0.1) is 12.0 Å². The van der Waals surface area contributed by atoms with Gasteiger partial charge in [0.2, 0.25) is 5.91 Å². The normalized spacial score (nSPS) is 22.6. The van der Waals surface area contributed by atoms with Crippen LogP contribution in [0.3, 0.4) is 0 Å². The number of halogens is 2. The minimum atomic E-state index is 0. The maximum atomic E-state index is 12.3. The van der Waals surface area contributed by atoms with Crippen molar-refractivity contribution in [2.75, 3.05) is 32.7 Å². The number of carbonyl (C=O) groups is 1. The molecule has 2 saturated heterocycles. The van der Waals surface area contributed by atoms with E-state index in [4.69, 9.17) is 11.6 Å². The third-order valence-corrected chi connectivity index (χ3v) is 4.95. The van der Waals surface area contributed by atoms with Gasteiger partial charge in [-0.1, -0.05) is 23.7 Å². The maximum absolute atomic E-state index is 12.3. The summed E-state index contributed by atoms with van der Waals surface area (Å²) in [5.74, 6) is 0.301. The quantitative estimate of drug-likeness (QED) is 0.851. The van der Waals surface area contributed by atoms with Crippen LogP contribution in [0.2, 0.25) is 5.02 Å². The van der Waals surface area contributed by atoms with E-state index in [2.05, 4.69) is 21.6 Å². The monoisotopic (exact) mass is 357 g/mol. The molecule has 1 aromatic carbocycles. The van der Waals surface area contributed by atoms with E-state index < -0.39 is 0 Å². The van der Waals surface area contributed by atoms with Crippen molar-refractivity contribution < 1.29 is 4.79 Å². The summed E-state index contributed by atoms with van der Waals surface area (Å²) in [6, 6.07) is 8.24. The van der Waals surface area contributed by atoms with Crippen molar-refractivity contribution in [3.63, 3.8) is 0 Å². The first kappa shape index (κ1) is 18.5. The molecule has 3 rings (SSSR count). The topological polar surface area (TPSA) is 44.4 Å². The van der Waals surface area contributed by atoms with E-state index in [0.29, 0.717) is 6.54 Å². The largest absolute Gasteiger partial charge is 0.354 e. The summed E-state index contributed by atoms with van der Waals surface area (Å²) in [5.41, 5.74) is 1.19. The number of hydrogen-bond donors (Lipinski definition) is 2. The zero-order chi connectivity index (χ0) is 15.4. The van der Waals surface area contributed by atoms with Crippen LogP contribution < -0.4 is 10.6 Å². The summed E-state index contributed by atoms with van der Waals surface area (Å²) < 4.78 is 0. The van der Waals surface area contributed by atoms with Crippen LogP contribution in [0, 0.1) is 5.92 Å². The highest BCUT2D eigenvalue weighted by molar-refractivity contribution is 6.30. The Balaban J connectivity index is 0.00000192. The Morgan fingerprint density at radius 3 is 2.83 bits per heavy atom. The molecule has 0 radical (unpaired) electrons. The Bertz CT molecular complexity index is 514. The lowest BCUT2D eigenvalue weighted by molar-refractivity contribution is -0.124. The van der Waals surface area contributed by atoms with Crippen LogP contribution in [-0.4, -0.2) is 43.5 Å². The number of hydrogen-bond acceptors (Lipinski definition) is 3. The van der Waals surface area contributed by atoms with E-state index in [1.165, 1.54) is 18.4 Å². The molecule has 2 fully saturated rings. The molecule has 4 nitrogen and oxygen atoms in total. The first-order valence-electron chi connectivity index (χ1n) is 8.22. The van der Waals surface area contributed by atoms with Gasteiger partial charge < -0.3 is 10.6 Å². The van der Waals surface area contributed by atoms with Gasteiger partial charge in [0.1, 0.15) is 0 Å². The minimum absolute atomic E-state index is 0. The first-order chi connectivity index (χ1) is 10.7. The van der Waals surface area contributed by atoms with Gasteiger partial charge in [-0.15, -0.1) is 12.4 Å². The van der Waals surface area contributed by atoms with Gasteiger partial charge in [0.25, 0.3) is 0 Å². The molecule has 2 aliphatic heterocycles. The standard InChI is InChI=1S/C17H24ClN3O.ClH/c18-15-5-3-4-13(10-15)16(21-8-1-2-9-21)12-20-17(22)14-6-7-19-11-14;/h3-5,10,14,16,19H,1-2,6-9,11-12H2,(H,20,22);1H. The highest BCUT2D eigenvalue weighted by atomic mass is 35.5. The van der Waals surface area contributed by atoms with E-state index in [1.807, 2.05) is 18.2 Å². The SMILES string of the molecule is Cl.O=C(NCC(c1cccc(Cl)c1)N1CCCC1)C1CCNC1. The molecule has 2 heterocycles. The third-order valence-electron chi connectivity index (χ3n) is 4.72. The summed E-state index contributed by atoms with van der Waals surface area (Å²) in [4.78, 5) is 14.7. The lowest BCUT2D eigenvalue weighted by Gasteiger charge is -2.28. The molecule has 0 aliphatic carbocycles. The molecule has 1 amide bonds. The minimum Gasteiger partial charge on any atom is -0.354 e. The fourth-order valence-corrected chi connectivity index (χ4v) is 3.64. The van der Waals surface area contributed by atoms with E-state index in [-0.39, 0.29) is 30.3 Å². The average molecular weight is 358 g/mol.